The first kappa shape index (κ1) is 17.9. The zero-order chi connectivity index (χ0) is 18.0. The van der Waals surface area contributed by atoms with Gasteiger partial charge in [0.2, 0.25) is 11.8 Å². The molecular weight excluding hydrogens is 320 g/mol. The fraction of sp³-hybridized carbons (Fsp3) is 0.722. The van der Waals surface area contributed by atoms with Gasteiger partial charge in [-0.25, -0.2) is 0 Å². The van der Waals surface area contributed by atoms with E-state index in [2.05, 4.69) is 23.9 Å². The van der Waals surface area contributed by atoms with Crippen LogP contribution in [0.1, 0.15) is 38.1 Å². The van der Waals surface area contributed by atoms with Gasteiger partial charge in [0.15, 0.2) is 0 Å². The van der Waals surface area contributed by atoms with Crippen LogP contribution in [0.15, 0.2) is 10.6 Å². The van der Waals surface area contributed by atoms with Gasteiger partial charge in [0.1, 0.15) is 5.76 Å². The molecule has 2 aliphatic heterocycles. The highest BCUT2D eigenvalue weighted by atomic mass is 16.5. The van der Waals surface area contributed by atoms with Crippen LogP contribution in [0.2, 0.25) is 0 Å². The maximum absolute atomic E-state index is 12.7. The molecule has 1 atom stereocenters. The predicted octanol–water partition coefficient (Wildman–Crippen LogP) is 1.07. The average molecular weight is 348 g/mol. The fourth-order valence-electron chi connectivity index (χ4n) is 3.78. The SMILES string of the molecule is Cc1cc(CC(=O)N2CCN([C@H]3CCCN(C(C)C)C3=O)CC2)no1. The van der Waals surface area contributed by atoms with E-state index in [0.29, 0.717) is 18.8 Å². The molecule has 0 spiro atoms. The Balaban J connectivity index is 1.53. The number of hydrogen-bond acceptors (Lipinski definition) is 5. The Kier molecular flexibility index (Phi) is 5.42. The van der Waals surface area contributed by atoms with Crippen LogP contribution in [0.25, 0.3) is 0 Å². The molecule has 25 heavy (non-hydrogen) atoms. The van der Waals surface area contributed by atoms with E-state index in [1.165, 1.54) is 0 Å². The number of aryl methyl sites for hydroxylation is 1. The van der Waals surface area contributed by atoms with Crippen LogP contribution in [-0.2, 0) is 16.0 Å². The monoisotopic (exact) mass is 348 g/mol. The average Bonchev–Trinajstić information content (AvgIpc) is 3.00. The van der Waals surface area contributed by atoms with Crippen molar-refractivity contribution < 1.29 is 14.1 Å². The van der Waals surface area contributed by atoms with E-state index in [-0.39, 0.29) is 30.3 Å². The van der Waals surface area contributed by atoms with E-state index < -0.39 is 0 Å². The third kappa shape index (κ3) is 4.03. The second kappa shape index (κ2) is 7.56. The Bertz CT molecular complexity index is 620. The van der Waals surface area contributed by atoms with Gasteiger partial charge in [0.25, 0.3) is 0 Å². The quantitative estimate of drug-likeness (QED) is 0.814. The van der Waals surface area contributed by atoms with Crippen molar-refractivity contribution in [3.8, 4) is 0 Å². The minimum atomic E-state index is -0.0217. The Morgan fingerprint density at radius 1 is 1.28 bits per heavy atom. The highest BCUT2D eigenvalue weighted by Gasteiger charge is 2.36. The van der Waals surface area contributed by atoms with Crippen LogP contribution in [0, 0.1) is 6.92 Å². The lowest BCUT2D eigenvalue weighted by Gasteiger charge is -2.43. The van der Waals surface area contributed by atoms with Gasteiger partial charge in [-0.15, -0.1) is 0 Å². The second-order valence-corrected chi connectivity index (χ2v) is 7.31. The van der Waals surface area contributed by atoms with Gasteiger partial charge in [-0.3, -0.25) is 14.5 Å². The topological polar surface area (TPSA) is 69.9 Å². The van der Waals surface area contributed by atoms with Gasteiger partial charge < -0.3 is 14.3 Å². The lowest BCUT2D eigenvalue weighted by Crippen LogP contribution is -2.59. The summed E-state index contributed by atoms with van der Waals surface area (Å²) in [4.78, 5) is 31.2. The summed E-state index contributed by atoms with van der Waals surface area (Å²) < 4.78 is 5.02. The highest BCUT2D eigenvalue weighted by Crippen LogP contribution is 2.21. The summed E-state index contributed by atoms with van der Waals surface area (Å²) in [6.07, 6.45) is 2.26. The number of rotatable bonds is 4. The number of nitrogens with zero attached hydrogens (tertiary/aromatic N) is 4. The number of carbonyl (C=O) groups excluding carboxylic acids is 2. The maximum atomic E-state index is 12.7. The van der Waals surface area contributed by atoms with E-state index in [4.69, 9.17) is 4.52 Å². The van der Waals surface area contributed by atoms with Crippen LogP contribution in [-0.4, -0.2) is 76.5 Å². The third-order valence-corrected chi connectivity index (χ3v) is 5.18. The molecule has 3 rings (SSSR count). The highest BCUT2D eigenvalue weighted by molar-refractivity contribution is 5.83. The first-order valence-corrected chi connectivity index (χ1v) is 9.20. The maximum Gasteiger partial charge on any atom is 0.240 e. The zero-order valence-corrected chi connectivity index (χ0v) is 15.4. The first-order chi connectivity index (χ1) is 12.0. The minimum absolute atomic E-state index is 0.0217. The predicted molar refractivity (Wildman–Crippen MR) is 93.0 cm³/mol. The van der Waals surface area contributed by atoms with Gasteiger partial charge in [-0.05, 0) is 33.6 Å². The Morgan fingerprint density at radius 3 is 2.60 bits per heavy atom. The minimum Gasteiger partial charge on any atom is -0.361 e. The number of amides is 2. The van der Waals surface area contributed by atoms with Crippen LogP contribution < -0.4 is 0 Å². The Labute approximate surface area is 148 Å². The molecule has 3 heterocycles. The summed E-state index contributed by atoms with van der Waals surface area (Å²) in [7, 11) is 0. The smallest absolute Gasteiger partial charge is 0.240 e. The summed E-state index contributed by atoms with van der Waals surface area (Å²) in [6, 6.07) is 2.03. The van der Waals surface area contributed by atoms with Crippen molar-refractivity contribution in [2.45, 2.75) is 52.1 Å². The number of hydrogen-bond donors (Lipinski definition) is 0. The standard InChI is InChI=1S/C18H28N4O3/c1-13(2)22-6-4-5-16(18(22)24)20-7-9-21(10-8-20)17(23)12-15-11-14(3)25-19-15/h11,13,16H,4-10,12H2,1-3H3/t16-/m0/s1. The van der Waals surface area contributed by atoms with E-state index >= 15 is 0 Å². The van der Waals surface area contributed by atoms with Gasteiger partial charge in [0.05, 0.1) is 18.2 Å². The molecule has 2 saturated heterocycles. The molecule has 2 aliphatic rings. The normalized spacial score (nSPS) is 22.7. The van der Waals surface area contributed by atoms with Gasteiger partial charge in [-0.2, -0.15) is 0 Å². The fourth-order valence-corrected chi connectivity index (χ4v) is 3.78. The van der Waals surface area contributed by atoms with E-state index in [1.54, 1.807) is 6.07 Å². The molecule has 0 aromatic carbocycles. The van der Waals surface area contributed by atoms with Gasteiger partial charge >= 0.3 is 0 Å². The van der Waals surface area contributed by atoms with E-state index in [0.717, 1.165) is 38.2 Å². The van der Waals surface area contributed by atoms with E-state index in [9.17, 15) is 9.59 Å². The molecule has 1 aromatic rings. The first-order valence-electron chi connectivity index (χ1n) is 9.20. The van der Waals surface area contributed by atoms with Crippen molar-refractivity contribution in [3.63, 3.8) is 0 Å². The number of piperidine rings is 1. The molecule has 2 amide bonds. The third-order valence-electron chi connectivity index (χ3n) is 5.18. The second-order valence-electron chi connectivity index (χ2n) is 7.31. The van der Waals surface area contributed by atoms with Crippen molar-refractivity contribution in [3.05, 3.63) is 17.5 Å². The molecule has 138 valence electrons. The zero-order valence-electron chi connectivity index (χ0n) is 15.4. The number of aromatic nitrogens is 1. The van der Waals surface area contributed by atoms with Crippen LogP contribution in [0.4, 0.5) is 0 Å². The van der Waals surface area contributed by atoms with Crippen molar-refractivity contribution in [2.24, 2.45) is 0 Å². The molecule has 0 bridgehead atoms. The summed E-state index contributed by atoms with van der Waals surface area (Å²) in [5, 5.41) is 3.89. The van der Waals surface area contributed by atoms with Crippen LogP contribution >= 0.6 is 0 Å². The molecule has 0 N–H and O–H groups in total. The molecule has 7 nitrogen and oxygen atoms in total. The Hall–Kier alpha value is -1.89. The summed E-state index contributed by atoms with van der Waals surface area (Å²) in [5.74, 6) is 1.05. The van der Waals surface area contributed by atoms with Crippen molar-refractivity contribution in [2.75, 3.05) is 32.7 Å². The molecule has 0 unspecified atom stereocenters. The van der Waals surface area contributed by atoms with Crippen molar-refractivity contribution >= 4 is 11.8 Å². The molecule has 0 aliphatic carbocycles. The molecule has 0 saturated carbocycles. The number of carbonyl (C=O) groups is 2. The lowest BCUT2D eigenvalue weighted by atomic mass is 10.0. The van der Waals surface area contributed by atoms with Gasteiger partial charge in [-0.1, -0.05) is 5.16 Å². The molecule has 2 fully saturated rings. The van der Waals surface area contributed by atoms with Crippen molar-refractivity contribution in [1.29, 1.82) is 0 Å². The molecule has 1 aromatic heterocycles. The van der Waals surface area contributed by atoms with E-state index in [1.807, 2.05) is 16.7 Å². The molecule has 0 radical (unpaired) electrons. The number of piperazine rings is 1. The number of likely N-dealkylation sites (tertiary alicyclic amines) is 1. The molecular formula is C18H28N4O3. The summed E-state index contributed by atoms with van der Waals surface area (Å²) in [6.45, 7) is 9.68. The molecule has 7 heteroatoms. The van der Waals surface area contributed by atoms with Gasteiger partial charge in [0, 0.05) is 44.8 Å². The van der Waals surface area contributed by atoms with Crippen LogP contribution in [0.3, 0.4) is 0 Å². The largest absolute Gasteiger partial charge is 0.361 e. The van der Waals surface area contributed by atoms with Crippen LogP contribution in [0.5, 0.6) is 0 Å². The Morgan fingerprint density at radius 2 is 2.00 bits per heavy atom. The van der Waals surface area contributed by atoms with Crippen molar-refractivity contribution in [1.82, 2.24) is 19.9 Å². The summed E-state index contributed by atoms with van der Waals surface area (Å²) in [5.41, 5.74) is 0.681. The lowest BCUT2D eigenvalue weighted by molar-refractivity contribution is -0.143. The summed E-state index contributed by atoms with van der Waals surface area (Å²) >= 11 is 0.